The highest BCUT2D eigenvalue weighted by atomic mass is 35.5. The van der Waals surface area contributed by atoms with E-state index in [0.717, 1.165) is 58.8 Å². The first-order valence-electron chi connectivity index (χ1n) is 14.6. The monoisotopic (exact) mass is 539 g/mol. The van der Waals surface area contributed by atoms with Gasteiger partial charge in [-0.25, -0.2) is 0 Å². The molecule has 2 aromatic rings. The molecule has 2 rings (SSSR count). The van der Waals surface area contributed by atoms with Crippen LogP contribution < -0.4 is 9.47 Å². The number of aromatic nitrogens is 1. The minimum Gasteiger partial charge on any atom is -0.490 e. The van der Waals surface area contributed by atoms with Gasteiger partial charge < -0.3 is 28.7 Å². The van der Waals surface area contributed by atoms with Crippen molar-refractivity contribution in [2.24, 2.45) is 0 Å². The van der Waals surface area contributed by atoms with Gasteiger partial charge in [0.1, 0.15) is 0 Å². The first-order chi connectivity index (χ1) is 18.1. The van der Waals surface area contributed by atoms with Crippen LogP contribution >= 0.6 is 11.6 Å². The van der Waals surface area contributed by atoms with Crippen LogP contribution in [0.4, 0.5) is 0 Å². The summed E-state index contributed by atoms with van der Waals surface area (Å²) in [5.41, 5.74) is 2.10. The Morgan fingerprint density at radius 2 is 1.22 bits per heavy atom. The number of aryl methyl sites for hydroxylation is 1. The number of fused-ring (bicyclic) bond motifs is 1. The number of halogens is 1. The summed E-state index contributed by atoms with van der Waals surface area (Å²) in [6, 6.07) is 3.99. The van der Waals surface area contributed by atoms with E-state index in [-0.39, 0.29) is 0 Å². The molecule has 212 valence electrons. The quantitative estimate of drug-likeness (QED) is 0.120. The van der Waals surface area contributed by atoms with Crippen LogP contribution in [0.25, 0.3) is 10.9 Å². The standard InChI is InChI=1S/C30H50ClNO5/c1-6-33-26-22-21-24-27(29(26)34-7-2)28(31)25(32-24)20-18-16-14-12-11-13-15-17-19-23-30(35-8-3,36-9-4)37-10-5/h21-22,32H,6-20,23H2,1-5H3. The molecule has 0 aliphatic heterocycles. The molecular formula is C30H50ClNO5. The molecule has 0 saturated carbocycles. The molecule has 0 aliphatic carbocycles. The molecule has 0 atom stereocenters. The number of nitrogens with one attached hydrogen (secondary N) is 1. The molecule has 0 aliphatic rings. The van der Waals surface area contributed by atoms with Gasteiger partial charge in [-0.15, -0.1) is 0 Å². The second-order valence-electron chi connectivity index (χ2n) is 9.26. The summed E-state index contributed by atoms with van der Waals surface area (Å²) in [7, 11) is 0. The predicted molar refractivity (Wildman–Crippen MR) is 153 cm³/mol. The number of benzene rings is 1. The zero-order valence-electron chi connectivity index (χ0n) is 23.9. The van der Waals surface area contributed by atoms with Crippen molar-refractivity contribution in [1.82, 2.24) is 4.98 Å². The normalized spacial score (nSPS) is 11.9. The molecule has 0 radical (unpaired) electrons. The van der Waals surface area contributed by atoms with Crippen molar-refractivity contribution < 1.29 is 23.7 Å². The van der Waals surface area contributed by atoms with Crippen molar-refractivity contribution in [3.8, 4) is 11.5 Å². The van der Waals surface area contributed by atoms with Crippen molar-refractivity contribution in [3.05, 3.63) is 22.8 Å². The molecule has 1 aromatic heterocycles. The average molecular weight is 540 g/mol. The van der Waals surface area contributed by atoms with Gasteiger partial charge in [-0.05, 0) is 66.0 Å². The minimum atomic E-state index is -0.859. The van der Waals surface area contributed by atoms with E-state index in [2.05, 4.69) is 4.98 Å². The smallest absolute Gasteiger partial charge is 0.282 e. The fraction of sp³-hybridized carbons (Fsp3) is 0.733. The summed E-state index contributed by atoms with van der Waals surface area (Å²) in [5.74, 6) is 0.637. The van der Waals surface area contributed by atoms with Crippen LogP contribution in [0.2, 0.25) is 5.02 Å². The van der Waals surface area contributed by atoms with Crippen LogP contribution in [0, 0.1) is 0 Å². The Balaban J connectivity index is 1.66. The molecule has 0 amide bonds. The molecule has 7 heteroatoms. The van der Waals surface area contributed by atoms with Gasteiger partial charge in [0.2, 0.25) is 0 Å². The summed E-state index contributed by atoms with van der Waals surface area (Å²) in [6.45, 7) is 12.9. The largest absolute Gasteiger partial charge is 0.490 e. The van der Waals surface area contributed by atoms with E-state index in [1.807, 2.05) is 46.8 Å². The van der Waals surface area contributed by atoms with Crippen LogP contribution in [-0.4, -0.2) is 44.0 Å². The molecule has 1 heterocycles. The van der Waals surface area contributed by atoms with E-state index in [9.17, 15) is 0 Å². The number of unbranched alkanes of at least 4 members (excludes halogenated alkanes) is 8. The molecule has 6 nitrogen and oxygen atoms in total. The lowest BCUT2D eigenvalue weighted by molar-refractivity contribution is -0.380. The van der Waals surface area contributed by atoms with Gasteiger partial charge in [0, 0.05) is 31.9 Å². The van der Waals surface area contributed by atoms with E-state index < -0.39 is 5.97 Å². The maximum Gasteiger partial charge on any atom is 0.282 e. The van der Waals surface area contributed by atoms with E-state index in [4.69, 9.17) is 35.3 Å². The van der Waals surface area contributed by atoms with E-state index in [0.29, 0.717) is 33.0 Å². The SMILES string of the molecule is CCOc1ccc2[nH]c(CCCCCCCCCCCC(OCC)(OCC)OCC)c(Cl)c2c1OCC. The van der Waals surface area contributed by atoms with Crippen LogP contribution in [-0.2, 0) is 20.6 Å². The summed E-state index contributed by atoms with van der Waals surface area (Å²) in [6.07, 6.45) is 12.7. The lowest BCUT2D eigenvalue weighted by Gasteiger charge is -2.32. The number of rotatable bonds is 22. The molecule has 0 unspecified atom stereocenters. The van der Waals surface area contributed by atoms with Crippen molar-refractivity contribution in [3.63, 3.8) is 0 Å². The topological polar surface area (TPSA) is 61.9 Å². The molecule has 0 bridgehead atoms. The van der Waals surface area contributed by atoms with Gasteiger partial charge in [0.25, 0.3) is 5.97 Å². The van der Waals surface area contributed by atoms with Gasteiger partial charge >= 0.3 is 0 Å². The Hall–Kier alpha value is -1.47. The second kappa shape index (κ2) is 17.9. The zero-order valence-corrected chi connectivity index (χ0v) is 24.6. The summed E-state index contributed by atoms with van der Waals surface area (Å²) >= 11 is 6.78. The Labute approximate surface area is 229 Å². The first kappa shape index (κ1) is 31.7. The van der Waals surface area contributed by atoms with Crippen molar-refractivity contribution in [2.45, 2.75) is 111 Å². The molecule has 1 N–H and O–H groups in total. The number of hydrogen-bond donors (Lipinski definition) is 1. The van der Waals surface area contributed by atoms with Crippen molar-refractivity contribution in [2.75, 3.05) is 33.0 Å². The summed E-state index contributed by atoms with van der Waals surface area (Å²) in [4.78, 5) is 3.50. The highest BCUT2D eigenvalue weighted by molar-refractivity contribution is 6.37. The highest BCUT2D eigenvalue weighted by Gasteiger charge is 2.31. The van der Waals surface area contributed by atoms with Crippen molar-refractivity contribution in [1.29, 1.82) is 0 Å². The third-order valence-corrected chi connectivity index (χ3v) is 6.90. The van der Waals surface area contributed by atoms with E-state index in [1.54, 1.807) is 0 Å². The van der Waals surface area contributed by atoms with Crippen LogP contribution in [0.5, 0.6) is 11.5 Å². The fourth-order valence-corrected chi connectivity index (χ4v) is 5.19. The summed E-state index contributed by atoms with van der Waals surface area (Å²) in [5, 5.41) is 1.70. The number of aromatic amines is 1. The van der Waals surface area contributed by atoms with E-state index >= 15 is 0 Å². The highest BCUT2D eigenvalue weighted by Crippen LogP contribution is 2.41. The molecule has 0 fully saturated rings. The number of hydrogen-bond acceptors (Lipinski definition) is 5. The lowest BCUT2D eigenvalue weighted by atomic mass is 10.0. The third kappa shape index (κ3) is 9.97. The molecule has 37 heavy (non-hydrogen) atoms. The average Bonchev–Trinajstić information content (AvgIpc) is 3.20. The first-order valence-corrected chi connectivity index (χ1v) is 14.9. The van der Waals surface area contributed by atoms with Crippen molar-refractivity contribution >= 4 is 22.5 Å². The van der Waals surface area contributed by atoms with Crippen LogP contribution in [0.3, 0.4) is 0 Å². The van der Waals surface area contributed by atoms with Gasteiger partial charge in [0.05, 0.1) is 29.1 Å². The van der Waals surface area contributed by atoms with E-state index in [1.165, 1.54) is 44.9 Å². The number of H-pyrrole nitrogens is 1. The van der Waals surface area contributed by atoms with Gasteiger partial charge in [-0.1, -0.05) is 56.5 Å². The molecular weight excluding hydrogens is 490 g/mol. The van der Waals surface area contributed by atoms with Gasteiger partial charge in [0.15, 0.2) is 11.5 Å². The molecule has 0 saturated heterocycles. The molecule has 1 aromatic carbocycles. The Bertz CT molecular complexity index is 867. The third-order valence-electron chi connectivity index (χ3n) is 6.48. The van der Waals surface area contributed by atoms with Gasteiger partial charge in [-0.2, -0.15) is 0 Å². The predicted octanol–water partition coefficient (Wildman–Crippen LogP) is 8.83. The fourth-order valence-electron chi connectivity index (χ4n) is 4.86. The Morgan fingerprint density at radius 3 is 1.76 bits per heavy atom. The Kier molecular flexibility index (Phi) is 15.4. The summed E-state index contributed by atoms with van der Waals surface area (Å²) < 4.78 is 29.1. The number of ether oxygens (including phenoxy) is 5. The maximum absolute atomic E-state index is 6.78. The van der Waals surface area contributed by atoms with Crippen LogP contribution in [0.1, 0.15) is 105 Å². The van der Waals surface area contributed by atoms with Crippen LogP contribution in [0.15, 0.2) is 12.1 Å². The Morgan fingerprint density at radius 1 is 0.676 bits per heavy atom. The zero-order chi connectivity index (χ0) is 26.9. The second-order valence-corrected chi connectivity index (χ2v) is 9.64. The minimum absolute atomic E-state index is 0.574. The maximum atomic E-state index is 6.78. The molecule has 0 spiro atoms. The van der Waals surface area contributed by atoms with Gasteiger partial charge in [-0.3, -0.25) is 0 Å². The lowest BCUT2D eigenvalue weighted by Crippen LogP contribution is -2.39.